The Balaban J connectivity index is 1.78. The van der Waals surface area contributed by atoms with E-state index in [-0.39, 0.29) is 11.5 Å². The van der Waals surface area contributed by atoms with Crippen molar-refractivity contribution >= 4 is 22.6 Å². The zero-order chi connectivity index (χ0) is 19.0. The molecule has 2 heterocycles. The van der Waals surface area contributed by atoms with Gasteiger partial charge in [-0.25, -0.2) is 4.79 Å². The molecule has 0 bridgehead atoms. The predicted molar refractivity (Wildman–Crippen MR) is 105 cm³/mol. The number of anilines is 1. The molecule has 3 aromatic rings. The average Bonchev–Trinajstić information content (AvgIpc) is 2.67. The molecule has 1 aromatic heterocycles. The fourth-order valence-corrected chi connectivity index (χ4v) is 3.62. The normalized spacial score (nSPS) is 13.5. The molecular formula is C22H21NO4. The van der Waals surface area contributed by atoms with E-state index in [1.807, 2.05) is 38.1 Å². The van der Waals surface area contributed by atoms with Gasteiger partial charge < -0.3 is 14.1 Å². The Kier molecular flexibility index (Phi) is 4.44. The summed E-state index contributed by atoms with van der Waals surface area (Å²) in [6.45, 7) is 4.96. The lowest BCUT2D eigenvalue weighted by Gasteiger charge is -2.29. The summed E-state index contributed by atoms with van der Waals surface area (Å²) in [6.07, 6.45) is 1.81. The highest BCUT2D eigenvalue weighted by molar-refractivity contribution is 6.08. The molecular weight excluding hydrogens is 342 g/mol. The minimum Gasteiger partial charge on any atom is -0.490 e. The summed E-state index contributed by atoms with van der Waals surface area (Å²) < 4.78 is 11.0. The average molecular weight is 363 g/mol. The maximum Gasteiger partial charge on any atom is 0.349 e. The van der Waals surface area contributed by atoms with Crippen LogP contribution in [0.3, 0.4) is 0 Å². The van der Waals surface area contributed by atoms with Crippen LogP contribution in [0.5, 0.6) is 5.75 Å². The molecule has 1 aliphatic rings. The van der Waals surface area contributed by atoms with E-state index < -0.39 is 5.63 Å². The second kappa shape index (κ2) is 6.91. The third-order valence-electron chi connectivity index (χ3n) is 4.85. The third kappa shape index (κ3) is 3.10. The highest BCUT2D eigenvalue weighted by Crippen LogP contribution is 2.30. The lowest BCUT2D eigenvalue weighted by Crippen LogP contribution is -2.37. The van der Waals surface area contributed by atoms with Gasteiger partial charge in [-0.05, 0) is 50.5 Å². The number of para-hydroxylation sites is 1. The second-order valence-corrected chi connectivity index (χ2v) is 6.75. The second-order valence-electron chi connectivity index (χ2n) is 6.75. The van der Waals surface area contributed by atoms with Crippen molar-refractivity contribution in [2.45, 2.75) is 26.7 Å². The van der Waals surface area contributed by atoms with Gasteiger partial charge in [0.2, 0.25) is 0 Å². The van der Waals surface area contributed by atoms with Crippen molar-refractivity contribution in [1.82, 2.24) is 0 Å². The minimum absolute atomic E-state index is 0.0459. The van der Waals surface area contributed by atoms with Gasteiger partial charge in [-0.3, -0.25) is 4.79 Å². The fraction of sp³-hybridized carbons (Fsp3) is 0.273. The van der Waals surface area contributed by atoms with Gasteiger partial charge >= 0.3 is 5.63 Å². The SMILES string of the molecule is CCOc1cccc2cc(C(=O)N3CCCc4cc(C)ccc43)c(=O)oc12. The Labute approximate surface area is 157 Å². The summed E-state index contributed by atoms with van der Waals surface area (Å²) >= 11 is 0. The largest absolute Gasteiger partial charge is 0.490 e. The van der Waals surface area contributed by atoms with Crippen molar-refractivity contribution in [2.24, 2.45) is 0 Å². The first-order valence-electron chi connectivity index (χ1n) is 9.19. The summed E-state index contributed by atoms with van der Waals surface area (Å²) in [5, 5.41) is 0.671. The quantitative estimate of drug-likeness (QED) is 0.658. The van der Waals surface area contributed by atoms with Crippen LogP contribution in [0.2, 0.25) is 0 Å². The molecule has 1 amide bonds. The lowest BCUT2D eigenvalue weighted by atomic mass is 9.99. The molecule has 0 spiro atoms. The van der Waals surface area contributed by atoms with E-state index in [2.05, 4.69) is 6.07 Å². The number of aryl methyl sites for hydroxylation is 2. The Morgan fingerprint density at radius 1 is 1.22 bits per heavy atom. The van der Waals surface area contributed by atoms with E-state index in [1.165, 1.54) is 0 Å². The standard InChI is InChI=1S/C22H21NO4/c1-3-26-19-8-4-6-16-13-17(22(25)27-20(16)19)21(24)23-11-5-7-15-12-14(2)9-10-18(15)23/h4,6,8-10,12-13H,3,5,7,11H2,1-2H3. The molecule has 0 saturated carbocycles. The van der Waals surface area contributed by atoms with Gasteiger partial charge in [0.25, 0.3) is 5.91 Å². The highest BCUT2D eigenvalue weighted by Gasteiger charge is 2.26. The molecule has 0 fully saturated rings. The first-order valence-corrected chi connectivity index (χ1v) is 9.19. The summed E-state index contributed by atoms with van der Waals surface area (Å²) in [5.41, 5.74) is 2.95. The number of fused-ring (bicyclic) bond motifs is 2. The van der Waals surface area contributed by atoms with Gasteiger partial charge in [0.15, 0.2) is 11.3 Å². The number of hydrogen-bond donors (Lipinski definition) is 0. The highest BCUT2D eigenvalue weighted by atomic mass is 16.5. The molecule has 0 saturated heterocycles. The van der Waals surface area contributed by atoms with Crippen LogP contribution >= 0.6 is 0 Å². The molecule has 0 aliphatic carbocycles. The number of carbonyl (C=O) groups excluding carboxylic acids is 1. The number of carbonyl (C=O) groups is 1. The molecule has 4 rings (SSSR count). The molecule has 5 nitrogen and oxygen atoms in total. The van der Waals surface area contributed by atoms with E-state index >= 15 is 0 Å². The first-order chi connectivity index (χ1) is 13.1. The fourth-order valence-electron chi connectivity index (χ4n) is 3.62. The first kappa shape index (κ1) is 17.3. The van der Waals surface area contributed by atoms with Gasteiger partial charge in [0.1, 0.15) is 5.56 Å². The maximum absolute atomic E-state index is 13.2. The van der Waals surface area contributed by atoms with Gasteiger partial charge in [-0.15, -0.1) is 0 Å². The monoisotopic (exact) mass is 363 g/mol. The number of amides is 1. The van der Waals surface area contributed by atoms with E-state index in [9.17, 15) is 9.59 Å². The molecule has 27 heavy (non-hydrogen) atoms. The maximum atomic E-state index is 13.2. The lowest BCUT2D eigenvalue weighted by molar-refractivity contribution is 0.0981. The smallest absolute Gasteiger partial charge is 0.349 e. The Bertz CT molecular complexity index is 1080. The van der Waals surface area contributed by atoms with Crippen LogP contribution in [-0.4, -0.2) is 19.1 Å². The topological polar surface area (TPSA) is 59.8 Å². The Morgan fingerprint density at radius 3 is 2.89 bits per heavy atom. The number of nitrogens with zero attached hydrogens (tertiary/aromatic N) is 1. The number of benzene rings is 2. The zero-order valence-corrected chi connectivity index (χ0v) is 15.5. The van der Waals surface area contributed by atoms with Crippen LogP contribution in [0.1, 0.15) is 34.8 Å². The third-order valence-corrected chi connectivity index (χ3v) is 4.85. The molecule has 0 atom stereocenters. The van der Waals surface area contributed by atoms with Crippen molar-refractivity contribution in [1.29, 1.82) is 0 Å². The number of hydrogen-bond acceptors (Lipinski definition) is 4. The van der Waals surface area contributed by atoms with Crippen molar-refractivity contribution in [2.75, 3.05) is 18.1 Å². The Morgan fingerprint density at radius 2 is 2.07 bits per heavy atom. The Hall–Kier alpha value is -3.08. The molecule has 0 unspecified atom stereocenters. The van der Waals surface area contributed by atoms with Crippen LogP contribution in [0, 0.1) is 6.92 Å². The van der Waals surface area contributed by atoms with Crippen molar-refractivity contribution < 1.29 is 13.9 Å². The molecule has 0 N–H and O–H groups in total. The van der Waals surface area contributed by atoms with Gasteiger partial charge in [-0.2, -0.15) is 0 Å². The van der Waals surface area contributed by atoms with Crippen molar-refractivity contribution in [3.05, 3.63) is 69.6 Å². The van der Waals surface area contributed by atoms with E-state index in [1.54, 1.807) is 17.0 Å². The zero-order valence-electron chi connectivity index (χ0n) is 15.5. The predicted octanol–water partition coefficient (Wildman–Crippen LogP) is 4.09. The molecule has 2 aromatic carbocycles. The van der Waals surface area contributed by atoms with Gasteiger partial charge in [-0.1, -0.05) is 29.8 Å². The summed E-state index contributed by atoms with van der Waals surface area (Å²) in [6, 6.07) is 13.0. The summed E-state index contributed by atoms with van der Waals surface area (Å²) in [4.78, 5) is 27.4. The van der Waals surface area contributed by atoms with Crippen LogP contribution < -0.4 is 15.3 Å². The van der Waals surface area contributed by atoms with Gasteiger partial charge in [0.05, 0.1) is 6.61 Å². The molecule has 138 valence electrons. The van der Waals surface area contributed by atoms with Gasteiger partial charge in [0, 0.05) is 17.6 Å². The molecule has 0 radical (unpaired) electrons. The van der Waals surface area contributed by atoms with E-state index in [0.717, 1.165) is 29.7 Å². The number of ether oxygens (including phenoxy) is 1. The van der Waals surface area contributed by atoms with Crippen LogP contribution in [0.4, 0.5) is 5.69 Å². The van der Waals surface area contributed by atoms with Crippen LogP contribution in [0.15, 0.2) is 51.7 Å². The van der Waals surface area contributed by atoms with E-state index in [0.29, 0.717) is 29.9 Å². The number of rotatable bonds is 3. The molecule has 1 aliphatic heterocycles. The van der Waals surface area contributed by atoms with Crippen LogP contribution in [0.25, 0.3) is 11.0 Å². The van der Waals surface area contributed by atoms with E-state index in [4.69, 9.17) is 9.15 Å². The van der Waals surface area contributed by atoms with Crippen LogP contribution in [-0.2, 0) is 6.42 Å². The van der Waals surface area contributed by atoms with Crippen molar-refractivity contribution in [3.8, 4) is 5.75 Å². The molecule has 5 heteroatoms. The summed E-state index contributed by atoms with van der Waals surface area (Å²) in [5.74, 6) is 0.183. The minimum atomic E-state index is -0.640. The summed E-state index contributed by atoms with van der Waals surface area (Å²) in [7, 11) is 0. The van der Waals surface area contributed by atoms with Crippen molar-refractivity contribution in [3.63, 3.8) is 0 Å².